The van der Waals surface area contributed by atoms with Gasteiger partial charge in [0, 0.05) is 6.20 Å². The lowest BCUT2D eigenvalue weighted by Crippen LogP contribution is -2.38. The molecule has 1 aliphatic heterocycles. The molecule has 8 heteroatoms. The largest absolute Gasteiger partial charge is 0.394 e. The van der Waals surface area contributed by atoms with Crippen molar-refractivity contribution in [3.05, 3.63) is 35.4 Å². The number of nitrogen functional groups attached to an aromatic ring is 1. The van der Waals surface area contributed by atoms with Crippen LogP contribution in [0.5, 0.6) is 0 Å². The lowest BCUT2D eigenvalue weighted by atomic mass is 10.1. The molecule has 4 atom stereocenters. The molecule has 1 saturated heterocycles. The number of nitrogens with zero attached hydrogens (tertiary/aromatic N) is 2. The van der Waals surface area contributed by atoms with Crippen LogP contribution in [0, 0.1) is 0 Å². The van der Waals surface area contributed by atoms with Crippen molar-refractivity contribution >= 4 is 5.82 Å². The minimum atomic E-state index is -1.06. The summed E-state index contributed by atoms with van der Waals surface area (Å²) >= 11 is 0. The highest BCUT2D eigenvalue weighted by molar-refractivity contribution is 5.23. The van der Waals surface area contributed by atoms with Gasteiger partial charge in [-0.25, -0.2) is 4.79 Å². The fraction of sp³-hybridized carbons (Fsp3) is 0.500. The molecule has 0 aliphatic carbocycles. The third kappa shape index (κ3) is 2.73. The first-order valence-electron chi connectivity index (χ1n) is 6.10. The summed E-state index contributed by atoms with van der Waals surface area (Å²) in [6.45, 7) is 3.31. The van der Waals surface area contributed by atoms with E-state index in [0.29, 0.717) is 0 Å². The van der Waals surface area contributed by atoms with Crippen molar-refractivity contribution in [3.8, 4) is 0 Å². The van der Waals surface area contributed by atoms with Crippen LogP contribution < -0.4 is 11.4 Å². The van der Waals surface area contributed by atoms with Crippen molar-refractivity contribution in [1.29, 1.82) is 0 Å². The smallest absolute Gasteiger partial charge is 0.351 e. The second-order valence-electron chi connectivity index (χ2n) is 4.37. The van der Waals surface area contributed by atoms with E-state index in [1.165, 1.54) is 22.9 Å². The fourth-order valence-corrected chi connectivity index (χ4v) is 2.07. The van der Waals surface area contributed by atoms with E-state index in [-0.39, 0.29) is 19.0 Å². The SMILES string of the molecule is C=CCOC1[C@@H](O)[C@@H](CO)O[C@H]1n1ccc(N)nc1=O. The highest BCUT2D eigenvalue weighted by Crippen LogP contribution is 2.30. The molecule has 20 heavy (non-hydrogen) atoms. The number of hydrogen-bond donors (Lipinski definition) is 3. The highest BCUT2D eigenvalue weighted by Gasteiger charge is 2.45. The van der Waals surface area contributed by atoms with Gasteiger partial charge >= 0.3 is 5.69 Å². The zero-order valence-corrected chi connectivity index (χ0v) is 10.8. The van der Waals surface area contributed by atoms with E-state index in [0.717, 1.165) is 0 Å². The average Bonchev–Trinajstić information content (AvgIpc) is 2.73. The number of hydrogen-bond acceptors (Lipinski definition) is 7. The second-order valence-corrected chi connectivity index (χ2v) is 4.37. The summed E-state index contributed by atoms with van der Waals surface area (Å²) in [6, 6.07) is 1.44. The number of rotatable bonds is 5. The van der Waals surface area contributed by atoms with Gasteiger partial charge in [-0.3, -0.25) is 4.57 Å². The van der Waals surface area contributed by atoms with E-state index >= 15 is 0 Å². The molecule has 0 saturated carbocycles. The quantitative estimate of drug-likeness (QED) is 0.571. The van der Waals surface area contributed by atoms with E-state index in [1.807, 2.05) is 0 Å². The molecule has 1 unspecified atom stereocenters. The topological polar surface area (TPSA) is 120 Å². The number of anilines is 1. The van der Waals surface area contributed by atoms with Gasteiger partial charge < -0.3 is 25.4 Å². The summed E-state index contributed by atoms with van der Waals surface area (Å²) in [7, 11) is 0. The molecule has 110 valence electrons. The molecule has 1 aromatic heterocycles. The van der Waals surface area contributed by atoms with Crippen LogP contribution in [0.2, 0.25) is 0 Å². The van der Waals surface area contributed by atoms with Gasteiger partial charge in [0.15, 0.2) is 6.23 Å². The van der Waals surface area contributed by atoms with Crippen molar-refractivity contribution in [2.24, 2.45) is 0 Å². The van der Waals surface area contributed by atoms with Gasteiger partial charge in [0.2, 0.25) is 0 Å². The number of nitrogens with two attached hydrogens (primary N) is 1. The first kappa shape index (κ1) is 14.7. The summed E-state index contributed by atoms with van der Waals surface area (Å²) in [4.78, 5) is 15.4. The predicted octanol–water partition coefficient (Wildman–Crippen LogP) is -1.35. The summed E-state index contributed by atoms with van der Waals surface area (Å²) < 4.78 is 12.1. The van der Waals surface area contributed by atoms with Crippen LogP contribution in [0.1, 0.15) is 6.23 Å². The first-order valence-corrected chi connectivity index (χ1v) is 6.10. The van der Waals surface area contributed by atoms with Gasteiger partial charge in [0.25, 0.3) is 0 Å². The van der Waals surface area contributed by atoms with Gasteiger partial charge in [-0.15, -0.1) is 6.58 Å². The van der Waals surface area contributed by atoms with Gasteiger partial charge in [-0.05, 0) is 6.07 Å². The van der Waals surface area contributed by atoms with Crippen LogP contribution in [0.25, 0.3) is 0 Å². The van der Waals surface area contributed by atoms with E-state index in [4.69, 9.17) is 15.2 Å². The molecule has 1 fully saturated rings. The van der Waals surface area contributed by atoms with Crippen molar-refractivity contribution in [3.63, 3.8) is 0 Å². The van der Waals surface area contributed by atoms with Gasteiger partial charge in [0.05, 0.1) is 13.2 Å². The number of aliphatic hydroxyl groups excluding tert-OH is 2. The summed E-state index contributed by atoms with van der Waals surface area (Å²) in [5.74, 6) is 0.0899. The number of aliphatic hydroxyl groups is 2. The van der Waals surface area contributed by atoms with Crippen molar-refractivity contribution in [2.75, 3.05) is 18.9 Å². The average molecular weight is 283 g/mol. The molecule has 0 spiro atoms. The minimum Gasteiger partial charge on any atom is -0.394 e. The number of ether oxygens (including phenoxy) is 2. The molecule has 8 nitrogen and oxygen atoms in total. The Bertz CT molecular complexity index is 532. The monoisotopic (exact) mass is 283 g/mol. The Morgan fingerprint density at radius 2 is 2.40 bits per heavy atom. The predicted molar refractivity (Wildman–Crippen MR) is 69.8 cm³/mol. The number of aromatic nitrogens is 2. The Balaban J connectivity index is 2.31. The van der Waals surface area contributed by atoms with Crippen LogP contribution in [0.15, 0.2) is 29.7 Å². The molecular formula is C12H17N3O5. The molecule has 1 aliphatic rings. The maximum atomic E-state index is 11.8. The summed E-state index contributed by atoms with van der Waals surface area (Å²) in [6.07, 6.45) is -0.670. The second kappa shape index (κ2) is 6.14. The Morgan fingerprint density at radius 1 is 1.65 bits per heavy atom. The van der Waals surface area contributed by atoms with E-state index < -0.39 is 30.2 Å². The van der Waals surface area contributed by atoms with Gasteiger partial charge in [-0.1, -0.05) is 6.08 Å². The van der Waals surface area contributed by atoms with E-state index in [9.17, 15) is 15.0 Å². The lowest BCUT2D eigenvalue weighted by Gasteiger charge is -2.21. The van der Waals surface area contributed by atoms with Crippen LogP contribution in [-0.2, 0) is 9.47 Å². The molecule has 0 bridgehead atoms. The summed E-state index contributed by atoms with van der Waals surface area (Å²) in [5, 5.41) is 19.2. The maximum absolute atomic E-state index is 11.8. The fourth-order valence-electron chi connectivity index (χ4n) is 2.07. The van der Waals surface area contributed by atoms with Crippen LogP contribution in [-0.4, -0.2) is 51.3 Å². The van der Waals surface area contributed by atoms with E-state index in [2.05, 4.69) is 11.6 Å². The molecule has 1 aromatic rings. The highest BCUT2D eigenvalue weighted by atomic mass is 16.6. The summed E-state index contributed by atoms with van der Waals surface area (Å²) in [5.41, 5.74) is 4.81. The van der Waals surface area contributed by atoms with Crippen molar-refractivity contribution in [2.45, 2.75) is 24.5 Å². The van der Waals surface area contributed by atoms with Crippen LogP contribution in [0.4, 0.5) is 5.82 Å². The zero-order chi connectivity index (χ0) is 14.7. The maximum Gasteiger partial charge on any atom is 0.351 e. The Kier molecular flexibility index (Phi) is 4.50. The van der Waals surface area contributed by atoms with Gasteiger partial charge in [0.1, 0.15) is 24.1 Å². The molecule has 0 radical (unpaired) electrons. The zero-order valence-electron chi connectivity index (χ0n) is 10.8. The third-order valence-electron chi connectivity index (χ3n) is 3.02. The molecular weight excluding hydrogens is 266 g/mol. The van der Waals surface area contributed by atoms with Crippen LogP contribution in [0.3, 0.4) is 0 Å². The molecule has 2 heterocycles. The molecule has 0 amide bonds. The normalized spacial score (nSPS) is 29.5. The Labute approximate surface area is 115 Å². The Morgan fingerprint density at radius 3 is 3.00 bits per heavy atom. The molecule has 0 aromatic carbocycles. The third-order valence-corrected chi connectivity index (χ3v) is 3.02. The van der Waals surface area contributed by atoms with Crippen molar-refractivity contribution < 1.29 is 19.7 Å². The lowest BCUT2D eigenvalue weighted by molar-refractivity contribution is -0.0685. The van der Waals surface area contributed by atoms with E-state index in [1.54, 1.807) is 0 Å². The minimum absolute atomic E-state index is 0.0899. The first-order chi connectivity index (χ1) is 9.58. The van der Waals surface area contributed by atoms with Crippen LogP contribution >= 0.6 is 0 Å². The van der Waals surface area contributed by atoms with Gasteiger partial charge in [-0.2, -0.15) is 4.98 Å². The Hall–Kier alpha value is -1.74. The standard InChI is InChI=1S/C12H17N3O5/c1-2-5-19-10-9(17)7(6-16)20-11(10)15-4-3-8(13)14-12(15)18/h2-4,7,9-11,16-17H,1,5-6H2,(H2,13,14,18)/t7-,9+,10?,11-/m1/s1. The van der Waals surface area contributed by atoms with Crippen molar-refractivity contribution in [1.82, 2.24) is 9.55 Å². The molecule has 4 N–H and O–H groups in total. The molecule has 2 rings (SSSR count).